The number of carbonyl (C=O) groups excluding carboxylic acids is 3. The molecule has 0 atom stereocenters. The number of benzene rings is 2. The Bertz CT molecular complexity index is 1010. The van der Waals surface area contributed by atoms with Crippen LogP contribution in [0.15, 0.2) is 30.3 Å². The molecule has 11 nitrogen and oxygen atoms in total. The van der Waals surface area contributed by atoms with E-state index < -0.39 is 34.9 Å². The molecule has 0 amide bonds. The van der Waals surface area contributed by atoms with Gasteiger partial charge in [0.2, 0.25) is 11.5 Å². The number of nitro benzene ring substituents is 1. The molecular formula is C20H19NO10. The monoisotopic (exact) mass is 433 g/mol. The first-order chi connectivity index (χ1) is 14.7. The molecule has 0 saturated carbocycles. The van der Waals surface area contributed by atoms with E-state index in [9.17, 15) is 24.5 Å². The third-order valence-corrected chi connectivity index (χ3v) is 4.11. The minimum Gasteiger partial charge on any atom is -0.493 e. The second-order valence-corrected chi connectivity index (χ2v) is 5.93. The lowest BCUT2D eigenvalue weighted by Gasteiger charge is -2.13. The number of methoxy groups -OCH3 is 4. The highest BCUT2D eigenvalue weighted by molar-refractivity contribution is 6.01. The number of ether oxygens (including phenoxy) is 5. The van der Waals surface area contributed by atoms with Gasteiger partial charge in [-0.15, -0.1) is 0 Å². The van der Waals surface area contributed by atoms with Gasteiger partial charge >= 0.3 is 11.9 Å². The zero-order valence-electron chi connectivity index (χ0n) is 17.1. The SMILES string of the molecule is COC(=O)c1cc(C(=O)OCC(=O)c2cc(OC)c(OC)c(OC)c2)cc([N+](=O)[O-])c1. The Morgan fingerprint density at radius 2 is 1.35 bits per heavy atom. The largest absolute Gasteiger partial charge is 0.493 e. The van der Waals surface area contributed by atoms with Crippen molar-refractivity contribution in [3.63, 3.8) is 0 Å². The molecule has 0 unspecified atom stereocenters. The van der Waals surface area contributed by atoms with Gasteiger partial charge in [0.15, 0.2) is 18.1 Å². The van der Waals surface area contributed by atoms with E-state index in [1.165, 1.54) is 33.5 Å². The van der Waals surface area contributed by atoms with Crippen molar-refractivity contribution in [1.29, 1.82) is 0 Å². The van der Waals surface area contributed by atoms with E-state index in [1.807, 2.05) is 0 Å². The Kier molecular flexibility index (Phi) is 7.50. The number of esters is 2. The van der Waals surface area contributed by atoms with Crippen LogP contribution >= 0.6 is 0 Å². The number of nitro groups is 1. The number of rotatable bonds is 9. The number of carbonyl (C=O) groups is 3. The summed E-state index contributed by atoms with van der Waals surface area (Å²) in [5, 5.41) is 11.1. The summed E-state index contributed by atoms with van der Waals surface area (Å²) >= 11 is 0. The Morgan fingerprint density at radius 1 is 0.806 bits per heavy atom. The van der Waals surface area contributed by atoms with E-state index in [0.717, 1.165) is 25.3 Å². The van der Waals surface area contributed by atoms with Gasteiger partial charge in [-0.25, -0.2) is 9.59 Å². The highest BCUT2D eigenvalue weighted by atomic mass is 16.6. The second-order valence-electron chi connectivity index (χ2n) is 5.93. The fourth-order valence-electron chi connectivity index (χ4n) is 2.61. The summed E-state index contributed by atoms with van der Waals surface area (Å²) < 4.78 is 25.0. The molecule has 0 N–H and O–H groups in total. The maximum atomic E-state index is 12.5. The molecule has 11 heteroatoms. The standard InChI is InChI=1S/C20H19NO10/c1-27-16-8-11(9-17(28-2)18(16)29-3)15(22)10-31-20(24)13-5-12(19(23)30-4)6-14(7-13)21(25)26/h5-9H,10H2,1-4H3. The first-order valence-corrected chi connectivity index (χ1v) is 8.63. The van der Waals surface area contributed by atoms with Crippen LogP contribution in [0.1, 0.15) is 31.1 Å². The zero-order chi connectivity index (χ0) is 23.1. The van der Waals surface area contributed by atoms with Gasteiger partial charge in [-0.2, -0.15) is 0 Å². The van der Waals surface area contributed by atoms with Crippen LogP contribution in [0.25, 0.3) is 0 Å². The van der Waals surface area contributed by atoms with Crippen LogP contribution in [0.2, 0.25) is 0 Å². The van der Waals surface area contributed by atoms with Gasteiger partial charge in [-0.05, 0) is 18.2 Å². The lowest BCUT2D eigenvalue weighted by molar-refractivity contribution is -0.384. The van der Waals surface area contributed by atoms with E-state index in [4.69, 9.17) is 18.9 Å². The molecular weight excluding hydrogens is 414 g/mol. The average molecular weight is 433 g/mol. The molecule has 2 rings (SSSR count). The molecule has 164 valence electrons. The second kappa shape index (κ2) is 10.1. The molecule has 0 aromatic heterocycles. The molecule has 0 aliphatic rings. The molecule has 0 fully saturated rings. The Labute approximate surface area is 176 Å². The van der Waals surface area contributed by atoms with Gasteiger partial charge in [0, 0.05) is 17.7 Å². The molecule has 2 aromatic rings. The highest BCUT2D eigenvalue weighted by Crippen LogP contribution is 2.38. The molecule has 31 heavy (non-hydrogen) atoms. The van der Waals surface area contributed by atoms with Crippen molar-refractivity contribution in [2.75, 3.05) is 35.0 Å². The molecule has 0 bridgehead atoms. The van der Waals surface area contributed by atoms with Gasteiger partial charge in [-0.3, -0.25) is 14.9 Å². The topological polar surface area (TPSA) is 141 Å². The average Bonchev–Trinajstić information content (AvgIpc) is 2.79. The first-order valence-electron chi connectivity index (χ1n) is 8.63. The lowest BCUT2D eigenvalue weighted by atomic mass is 10.1. The van der Waals surface area contributed by atoms with Crippen molar-refractivity contribution in [3.05, 3.63) is 57.1 Å². The van der Waals surface area contributed by atoms with E-state index in [-0.39, 0.29) is 33.9 Å². The lowest BCUT2D eigenvalue weighted by Crippen LogP contribution is -2.15. The molecule has 0 spiro atoms. The zero-order valence-corrected chi connectivity index (χ0v) is 17.1. The van der Waals surface area contributed by atoms with Gasteiger partial charge in [0.1, 0.15) is 0 Å². The minimum atomic E-state index is -1.03. The number of non-ortho nitro benzene ring substituents is 1. The van der Waals surface area contributed by atoms with Crippen molar-refractivity contribution in [2.45, 2.75) is 0 Å². The van der Waals surface area contributed by atoms with E-state index >= 15 is 0 Å². The van der Waals surface area contributed by atoms with Crippen LogP contribution in [0, 0.1) is 10.1 Å². The number of nitrogens with zero attached hydrogens (tertiary/aromatic N) is 1. The number of ketones is 1. The van der Waals surface area contributed by atoms with Gasteiger partial charge in [0.25, 0.3) is 5.69 Å². The predicted octanol–water partition coefficient (Wildman–Crippen LogP) is 2.45. The Hall–Kier alpha value is -4.15. The third kappa shape index (κ3) is 5.26. The molecule has 0 heterocycles. The molecule has 0 saturated heterocycles. The molecule has 0 radical (unpaired) electrons. The summed E-state index contributed by atoms with van der Waals surface area (Å²) in [5.74, 6) is -1.74. The summed E-state index contributed by atoms with van der Waals surface area (Å²) in [4.78, 5) is 46.9. The van der Waals surface area contributed by atoms with Crippen LogP contribution in [0.5, 0.6) is 17.2 Å². The van der Waals surface area contributed by atoms with E-state index in [0.29, 0.717) is 0 Å². The van der Waals surface area contributed by atoms with Crippen LogP contribution in [-0.4, -0.2) is 57.7 Å². The van der Waals surface area contributed by atoms with Crippen LogP contribution in [0.4, 0.5) is 5.69 Å². The van der Waals surface area contributed by atoms with Crippen molar-refractivity contribution in [1.82, 2.24) is 0 Å². The number of hydrogen-bond acceptors (Lipinski definition) is 10. The van der Waals surface area contributed by atoms with Crippen LogP contribution in [-0.2, 0) is 9.47 Å². The smallest absolute Gasteiger partial charge is 0.338 e. The fraction of sp³-hybridized carbons (Fsp3) is 0.250. The van der Waals surface area contributed by atoms with Crippen molar-refractivity contribution in [2.24, 2.45) is 0 Å². The minimum absolute atomic E-state index is 0.122. The fourth-order valence-corrected chi connectivity index (χ4v) is 2.61. The first kappa shape index (κ1) is 23.1. The summed E-state index contributed by atoms with van der Waals surface area (Å²) in [6, 6.07) is 5.74. The maximum Gasteiger partial charge on any atom is 0.338 e. The molecule has 2 aromatic carbocycles. The van der Waals surface area contributed by atoms with Crippen LogP contribution in [0.3, 0.4) is 0 Å². The Morgan fingerprint density at radius 3 is 1.81 bits per heavy atom. The van der Waals surface area contributed by atoms with E-state index in [1.54, 1.807) is 0 Å². The van der Waals surface area contributed by atoms with Crippen molar-refractivity contribution < 1.29 is 43.0 Å². The van der Waals surface area contributed by atoms with E-state index in [2.05, 4.69) is 4.74 Å². The molecule has 0 aliphatic carbocycles. The quantitative estimate of drug-likeness (QED) is 0.250. The van der Waals surface area contributed by atoms with Crippen LogP contribution < -0.4 is 14.2 Å². The highest BCUT2D eigenvalue weighted by Gasteiger charge is 2.21. The van der Waals surface area contributed by atoms with Crippen molar-refractivity contribution in [3.8, 4) is 17.2 Å². The number of Topliss-reactive ketones (excluding diaryl/α,β-unsaturated/α-hetero) is 1. The normalized spacial score (nSPS) is 10.1. The van der Waals surface area contributed by atoms with Gasteiger partial charge in [-0.1, -0.05) is 0 Å². The predicted molar refractivity (Wildman–Crippen MR) is 105 cm³/mol. The summed E-state index contributed by atoms with van der Waals surface area (Å²) in [5.41, 5.74) is -0.880. The van der Waals surface area contributed by atoms with Gasteiger partial charge in [0.05, 0.1) is 44.5 Å². The number of hydrogen-bond donors (Lipinski definition) is 0. The van der Waals surface area contributed by atoms with Gasteiger partial charge < -0.3 is 23.7 Å². The summed E-state index contributed by atoms with van der Waals surface area (Å²) in [7, 11) is 5.26. The summed E-state index contributed by atoms with van der Waals surface area (Å²) in [6.07, 6.45) is 0. The van der Waals surface area contributed by atoms with Crippen molar-refractivity contribution >= 4 is 23.4 Å². The maximum absolute atomic E-state index is 12.5. The summed E-state index contributed by atoms with van der Waals surface area (Å²) in [6.45, 7) is -0.673. The molecule has 0 aliphatic heterocycles. The Balaban J connectivity index is 2.24. The third-order valence-electron chi connectivity index (χ3n) is 4.11.